The summed E-state index contributed by atoms with van der Waals surface area (Å²) >= 11 is 0. The van der Waals surface area contributed by atoms with E-state index in [4.69, 9.17) is 9.47 Å². The molecule has 2 aromatic carbocycles. The van der Waals surface area contributed by atoms with E-state index in [1.807, 2.05) is 37.8 Å². The number of piperazine rings is 1. The van der Waals surface area contributed by atoms with Crippen LogP contribution in [-0.2, 0) is 17.7 Å². The summed E-state index contributed by atoms with van der Waals surface area (Å²) in [5, 5.41) is 0. The molecule has 0 aromatic heterocycles. The number of ether oxygens (including phenoxy) is 2. The minimum atomic E-state index is -0.446. The Balaban J connectivity index is 1.45. The molecule has 1 aliphatic rings. The maximum Gasteiger partial charge on any atom is 0.410 e. The second-order valence-electron chi connectivity index (χ2n) is 9.42. The number of hydrogen-bond donors (Lipinski definition) is 0. The second kappa shape index (κ2) is 10.2. The normalized spacial score (nSPS) is 15.1. The second-order valence-corrected chi connectivity index (χ2v) is 9.42. The van der Waals surface area contributed by atoms with Gasteiger partial charge in [-0.15, -0.1) is 0 Å². The Morgan fingerprint density at radius 3 is 2.26 bits per heavy atom. The SMILES string of the molecule is Cc1ccc(OCCc2ccc(CN3CCN(C(=O)OC(C)(C)C)CC3)cc2C)cc1. The molecule has 1 amide bonds. The smallest absolute Gasteiger partial charge is 0.410 e. The number of amides is 1. The molecule has 168 valence electrons. The van der Waals surface area contributed by atoms with Crippen molar-refractivity contribution in [2.24, 2.45) is 0 Å². The van der Waals surface area contributed by atoms with Crippen molar-refractivity contribution >= 4 is 6.09 Å². The first-order valence-corrected chi connectivity index (χ1v) is 11.2. The fourth-order valence-corrected chi connectivity index (χ4v) is 3.72. The van der Waals surface area contributed by atoms with Gasteiger partial charge in [0.2, 0.25) is 0 Å². The molecule has 1 fully saturated rings. The van der Waals surface area contributed by atoms with Gasteiger partial charge in [-0.25, -0.2) is 4.79 Å². The molecular formula is C26H36N2O3. The highest BCUT2D eigenvalue weighted by atomic mass is 16.6. The van der Waals surface area contributed by atoms with Crippen molar-refractivity contribution < 1.29 is 14.3 Å². The van der Waals surface area contributed by atoms with E-state index in [1.54, 1.807) is 0 Å². The number of rotatable bonds is 6. The Labute approximate surface area is 187 Å². The fourth-order valence-electron chi connectivity index (χ4n) is 3.72. The van der Waals surface area contributed by atoms with E-state index in [0.29, 0.717) is 19.7 Å². The van der Waals surface area contributed by atoms with Crippen LogP contribution in [0, 0.1) is 13.8 Å². The highest BCUT2D eigenvalue weighted by Gasteiger charge is 2.25. The maximum absolute atomic E-state index is 12.2. The van der Waals surface area contributed by atoms with Gasteiger partial charge < -0.3 is 14.4 Å². The largest absolute Gasteiger partial charge is 0.493 e. The van der Waals surface area contributed by atoms with Crippen molar-refractivity contribution in [2.45, 2.75) is 53.2 Å². The molecule has 5 nitrogen and oxygen atoms in total. The van der Waals surface area contributed by atoms with E-state index in [1.165, 1.54) is 22.3 Å². The number of carbonyl (C=O) groups is 1. The Morgan fingerprint density at radius 2 is 1.65 bits per heavy atom. The summed E-state index contributed by atoms with van der Waals surface area (Å²) in [5.74, 6) is 0.922. The lowest BCUT2D eigenvalue weighted by molar-refractivity contribution is 0.0139. The van der Waals surface area contributed by atoms with Crippen molar-refractivity contribution in [3.63, 3.8) is 0 Å². The molecule has 1 saturated heterocycles. The topological polar surface area (TPSA) is 42.0 Å². The monoisotopic (exact) mass is 424 g/mol. The molecule has 1 heterocycles. The van der Waals surface area contributed by atoms with E-state index >= 15 is 0 Å². The Bertz CT molecular complexity index is 863. The van der Waals surface area contributed by atoms with Gasteiger partial charge in [0.15, 0.2) is 0 Å². The molecule has 3 rings (SSSR count). The summed E-state index contributed by atoms with van der Waals surface area (Å²) < 4.78 is 11.4. The van der Waals surface area contributed by atoms with Crippen molar-refractivity contribution in [2.75, 3.05) is 32.8 Å². The van der Waals surface area contributed by atoms with Crippen LogP contribution in [0.25, 0.3) is 0 Å². The lowest BCUT2D eigenvalue weighted by Gasteiger charge is -2.35. The summed E-state index contributed by atoms with van der Waals surface area (Å²) in [4.78, 5) is 16.4. The van der Waals surface area contributed by atoms with Gasteiger partial charge in [-0.2, -0.15) is 0 Å². The van der Waals surface area contributed by atoms with E-state index in [2.05, 4.69) is 49.1 Å². The third-order valence-electron chi connectivity index (χ3n) is 5.50. The third kappa shape index (κ3) is 7.28. The van der Waals surface area contributed by atoms with Crippen LogP contribution < -0.4 is 4.74 Å². The molecule has 0 N–H and O–H groups in total. The lowest BCUT2D eigenvalue weighted by Crippen LogP contribution is -2.49. The predicted octanol–water partition coefficient (Wildman–Crippen LogP) is 4.98. The molecular weight excluding hydrogens is 388 g/mol. The zero-order valence-corrected chi connectivity index (χ0v) is 19.6. The van der Waals surface area contributed by atoms with Gasteiger partial charge >= 0.3 is 6.09 Å². The molecule has 31 heavy (non-hydrogen) atoms. The van der Waals surface area contributed by atoms with Crippen LogP contribution in [0.2, 0.25) is 0 Å². The Kier molecular flexibility index (Phi) is 7.60. The molecule has 2 aromatic rings. The zero-order valence-electron chi connectivity index (χ0n) is 19.6. The van der Waals surface area contributed by atoms with Crippen LogP contribution in [0.3, 0.4) is 0 Å². The van der Waals surface area contributed by atoms with Gasteiger partial charge in [-0.1, -0.05) is 35.9 Å². The van der Waals surface area contributed by atoms with E-state index in [9.17, 15) is 4.79 Å². The van der Waals surface area contributed by atoms with Crippen LogP contribution in [-0.4, -0.2) is 54.3 Å². The number of benzene rings is 2. The van der Waals surface area contributed by atoms with Crippen LogP contribution in [0.1, 0.15) is 43.0 Å². The van der Waals surface area contributed by atoms with Gasteiger partial charge in [0, 0.05) is 39.1 Å². The first-order valence-electron chi connectivity index (χ1n) is 11.2. The molecule has 0 aliphatic carbocycles. The standard InChI is InChI=1S/C26H36N2O3/c1-20-6-10-24(11-7-20)30-17-12-23-9-8-22(18-21(23)2)19-27-13-15-28(16-14-27)25(29)31-26(3,4)5/h6-11,18H,12-17,19H2,1-5H3. The fraction of sp³-hybridized carbons (Fsp3) is 0.500. The van der Waals surface area contributed by atoms with Crippen molar-refractivity contribution in [3.05, 3.63) is 64.7 Å². The number of aryl methyl sites for hydroxylation is 2. The Hall–Kier alpha value is -2.53. The van der Waals surface area contributed by atoms with Crippen molar-refractivity contribution in [1.29, 1.82) is 0 Å². The highest BCUT2D eigenvalue weighted by molar-refractivity contribution is 5.68. The van der Waals surface area contributed by atoms with Gasteiger partial charge in [0.1, 0.15) is 11.4 Å². The lowest BCUT2D eigenvalue weighted by atomic mass is 10.0. The molecule has 0 bridgehead atoms. The van der Waals surface area contributed by atoms with Gasteiger partial charge in [0.25, 0.3) is 0 Å². The van der Waals surface area contributed by atoms with Crippen LogP contribution in [0.15, 0.2) is 42.5 Å². The molecule has 0 spiro atoms. The molecule has 0 radical (unpaired) electrons. The van der Waals surface area contributed by atoms with E-state index in [-0.39, 0.29) is 6.09 Å². The van der Waals surface area contributed by atoms with Crippen LogP contribution in [0.5, 0.6) is 5.75 Å². The first kappa shape index (κ1) is 23.1. The van der Waals surface area contributed by atoms with Gasteiger partial charge in [-0.05, 0) is 63.4 Å². The zero-order chi connectivity index (χ0) is 22.4. The van der Waals surface area contributed by atoms with E-state index in [0.717, 1.165) is 31.8 Å². The average Bonchev–Trinajstić information content (AvgIpc) is 2.70. The molecule has 0 saturated carbocycles. The van der Waals surface area contributed by atoms with Crippen LogP contribution >= 0.6 is 0 Å². The van der Waals surface area contributed by atoms with Crippen molar-refractivity contribution in [3.8, 4) is 5.75 Å². The number of hydrogen-bond acceptors (Lipinski definition) is 4. The first-order chi connectivity index (χ1) is 14.7. The third-order valence-corrected chi connectivity index (χ3v) is 5.50. The minimum absolute atomic E-state index is 0.208. The van der Waals surface area contributed by atoms with Crippen molar-refractivity contribution in [1.82, 2.24) is 9.80 Å². The quantitative estimate of drug-likeness (QED) is 0.656. The minimum Gasteiger partial charge on any atom is -0.493 e. The highest BCUT2D eigenvalue weighted by Crippen LogP contribution is 2.17. The summed E-state index contributed by atoms with van der Waals surface area (Å²) in [6, 6.07) is 14.9. The average molecular weight is 425 g/mol. The van der Waals surface area contributed by atoms with Crippen LogP contribution in [0.4, 0.5) is 4.79 Å². The van der Waals surface area contributed by atoms with E-state index < -0.39 is 5.60 Å². The Morgan fingerprint density at radius 1 is 0.968 bits per heavy atom. The molecule has 5 heteroatoms. The molecule has 1 aliphatic heterocycles. The molecule has 0 atom stereocenters. The summed E-state index contributed by atoms with van der Waals surface area (Å²) in [7, 11) is 0. The summed E-state index contributed by atoms with van der Waals surface area (Å²) in [5.41, 5.74) is 4.73. The van der Waals surface area contributed by atoms with Gasteiger partial charge in [0.05, 0.1) is 6.61 Å². The number of carbonyl (C=O) groups excluding carboxylic acids is 1. The predicted molar refractivity (Wildman–Crippen MR) is 125 cm³/mol. The summed E-state index contributed by atoms with van der Waals surface area (Å²) in [6.07, 6.45) is 0.689. The number of nitrogens with zero attached hydrogens (tertiary/aromatic N) is 2. The maximum atomic E-state index is 12.2. The molecule has 0 unspecified atom stereocenters. The summed E-state index contributed by atoms with van der Waals surface area (Å²) in [6.45, 7) is 14.7. The van der Waals surface area contributed by atoms with Gasteiger partial charge in [-0.3, -0.25) is 4.90 Å².